The molecule has 7 heteroatoms. The monoisotopic (exact) mass is 411 g/mol. The Hall–Kier alpha value is -3.38. The molecule has 1 fully saturated rings. The van der Waals surface area contributed by atoms with Crippen LogP contribution in [0.4, 0.5) is 10.1 Å². The summed E-state index contributed by atoms with van der Waals surface area (Å²) in [7, 11) is 0. The van der Waals surface area contributed by atoms with Crippen molar-refractivity contribution >= 4 is 34.7 Å². The van der Waals surface area contributed by atoms with Crippen LogP contribution in [0.1, 0.15) is 22.9 Å². The Morgan fingerprint density at radius 2 is 1.93 bits per heavy atom. The first-order valence-electron chi connectivity index (χ1n) is 8.75. The second-order valence-electron chi connectivity index (χ2n) is 6.63. The molecule has 1 atom stereocenters. The van der Waals surface area contributed by atoms with Crippen LogP contribution >= 0.6 is 11.6 Å². The van der Waals surface area contributed by atoms with Crippen LogP contribution in [0.3, 0.4) is 0 Å². The molecule has 0 radical (unpaired) electrons. The summed E-state index contributed by atoms with van der Waals surface area (Å²) in [6.07, 6.45) is 1.41. The molecular weight excluding hydrogens is 397 g/mol. The average molecular weight is 412 g/mol. The number of aryl methyl sites for hydroxylation is 1. The number of furan rings is 1. The summed E-state index contributed by atoms with van der Waals surface area (Å²) in [6, 6.07) is 12.7. The number of carbonyl (C=O) groups is 2. The molecule has 146 valence electrons. The van der Waals surface area contributed by atoms with Crippen LogP contribution in [0.5, 0.6) is 0 Å². The number of anilines is 1. The SMILES string of the molecule is Cc1cc(/C(O)=C2/C(=O)C(=O)N(c3cccc(Cl)c3)C2c2ccco2)ccc1F. The van der Waals surface area contributed by atoms with E-state index in [2.05, 4.69) is 0 Å². The van der Waals surface area contributed by atoms with Crippen LogP contribution < -0.4 is 4.90 Å². The van der Waals surface area contributed by atoms with Gasteiger partial charge in [0.25, 0.3) is 11.7 Å². The van der Waals surface area contributed by atoms with E-state index >= 15 is 0 Å². The Bertz CT molecular complexity index is 1150. The number of rotatable bonds is 3. The Balaban J connectivity index is 1.94. The van der Waals surface area contributed by atoms with Crippen molar-refractivity contribution in [3.63, 3.8) is 0 Å². The third-order valence-corrected chi connectivity index (χ3v) is 5.01. The third kappa shape index (κ3) is 3.21. The fraction of sp³-hybridized carbons (Fsp3) is 0.0909. The van der Waals surface area contributed by atoms with E-state index < -0.39 is 29.3 Å². The van der Waals surface area contributed by atoms with Gasteiger partial charge in [-0.25, -0.2) is 4.39 Å². The number of aliphatic hydroxyl groups excluding tert-OH is 1. The molecule has 1 N–H and O–H groups in total. The fourth-order valence-corrected chi connectivity index (χ4v) is 3.57. The molecule has 3 aromatic rings. The number of nitrogens with zero attached hydrogens (tertiary/aromatic N) is 1. The van der Waals surface area contributed by atoms with Crippen molar-refractivity contribution in [1.29, 1.82) is 0 Å². The van der Waals surface area contributed by atoms with Gasteiger partial charge in [-0.2, -0.15) is 0 Å². The van der Waals surface area contributed by atoms with Crippen LogP contribution in [0.2, 0.25) is 5.02 Å². The summed E-state index contributed by atoms with van der Waals surface area (Å²) in [4.78, 5) is 27.0. The number of benzene rings is 2. The van der Waals surface area contributed by atoms with E-state index in [1.807, 2.05) is 0 Å². The highest BCUT2D eigenvalue weighted by molar-refractivity contribution is 6.51. The van der Waals surface area contributed by atoms with Gasteiger partial charge in [0.2, 0.25) is 0 Å². The van der Waals surface area contributed by atoms with Crippen molar-refractivity contribution in [3.05, 3.63) is 94.2 Å². The van der Waals surface area contributed by atoms with Gasteiger partial charge in [0, 0.05) is 16.3 Å². The van der Waals surface area contributed by atoms with Crippen molar-refractivity contribution in [2.24, 2.45) is 0 Å². The number of carbonyl (C=O) groups excluding carboxylic acids is 2. The topological polar surface area (TPSA) is 70.8 Å². The molecule has 0 spiro atoms. The highest BCUT2D eigenvalue weighted by Crippen LogP contribution is 2.42. The van der Waals surface area contributed by atoms with Crippen LogP contribution in [0.15, 0.2) is 70.9 Å². The number of ketones is 1. The smallest absolute Gasteiger partial charge is 0.300 e. The Morgan fingerprint density at radius 1 is 1.14 bits per heavy atom. The van der Waals surface area contributed by atoms with Crippen molar-refractivity contribution in [2.45, 2.75) is 13.0 Å². The predicted molar refractivity (Wildman–Crippen MR) is 106 cm³/mol. The van der Waals surface area contributed by atoms with Gasteiger partial charge < -0.3 is 9.52 Å². The summed E-state index contributed by atoms with van der Waals surface area (Å²) < 4.78 is 19.1. The molecule has 0 aliphatic carbocycles. The maximum absolute atomic E-state index is 13.6. The number of halogens is 2. The normalized spacial score (nSPS) is 18.4. The van der Waals surface area contributed by atoms with Crippen LogP contribution in [-0.4, -0.2) is 16.8 Å². The zero-order valence-corrected chi connectivity index (χ0v) is 16.0. The van der Waals surface area contributed by atoms with Gasteiger partial charge in [-0.3, -0.25) is 14.5 Å². The lowest BCUT2D eigenvalue weighted by Crippen LogP contribution is -2.29. The van der Waals surface area contributed by atoms with E-state index in [9.17, 15) is 19.1 Å². The van der Waals surface area contributed by atoms with Crippen molar-refractivity contribution in [3.8, 4) is 0 Å². The first-order chi connectivity index (χ1) is 13.9. The van der Waals surface area contributed by atoms with Gasteiger partial charge in [0.05, 0.1) is 11.8 Å². The van der Waals surface area contributed by atoms with Gasteiger partial charge in [0.1, 0.15) is 23.4 Å². The first kappa shape index (κ1) is 19.0. The van der Waals surface area contributed by atoms with Gasteiger partial charge in [-0.1, -0.05) is 17.7 Å². The quantitative estimate of drug-likeness (QED) is 0.374. The molecule has 1 aromatic heterocycles. The summed E-state index contributed by atoms with van der Waals surface area (Å²) in [6.45, 7) is 1.54. The number of hydrogen-bond donors (Lipinski definition) is 1. The molecule has 1 unspecified atom stereocenters. The van der Waals surface area contributed by atoms with E-state index in [1.54, 1.807) is 43.3 Å². The third-order valence-electron chi connectivity index (χ3n) is 4.77. The molecular formula is C22H15ClFNO4. The molecule has 5 nitrogen and oxygen atoms in total. The number of Topliss-reactive ketones (excluding diaryl/α,β-unsaturated/α-hetero) is 1. The van der Waals surface area contributed by atoms with Gasteiger partial charge in [-0.15, -0.1) is 0 Å². The maximum atomic E-state index is 13.6. The zero-order valence-electron chi connectivity index (χ0n) is 15.2. The predicted octanol–water partition coefficient (Wildman–Crippen LogP) is 5.01. The largest absolute Gasteiger partial charge is 0.507 e. The van der Waals surface area contributed by atoms with Gasteiger partial charge >= 0.3 is 0 Å². The number of hydrogen-bond acceptors (Lipinski definition) is 4. The van der Waals surface area contributed by atoms with Gasteiger partial charge in [0.15, 0.2) is 0 Å². The minimum absolute atomic E-state index is 0.143. The minimum Gasteiger partial charge on any atom is -0.507 e. The standard InChI is InChI=1S/C22H15ClFNO4/c1-12-10-13(7-8-16(12)24)20(26)18-19(17-6-3-9-29-17)25(22(28)21(18)27)15-5-2-4-14(23)11-15/h2-11,19,26H,1H3/b20-18-. The van der Waals surface area contributed by atoms with Crippen LogP contribution in [0.25, 0.3) is 5.76 Å². The molecule has 0 bridgehead atoms. The van der Waals surface area contributed by atoms with E-state index in [-0.39, 0.29) is 11.1 Å². The fourth-order valence-electron chi connectivity index (χ4n) is 3.39. The Labute approximate surface area is 170 Å². The van der Waals surface area contributed by atoms with Crippen LogP contribution in [0, 0.1) is 12.7 Å². The lowest BCUT2D eigenvalue weighted by Gasteiger charge is -2.23. The first-order valence-corrected chi connectivity index (χ1v) is 9.13. The summed E-state index contributed by atoms with van der Waals surface area (Å²) in [5.74, 6) is -2.25. The lowest BCUT2D eigenvalue weighted by atomic mass is 9.98. The number of amides is 1. The Morgan fingerprint density at radius 3 is 2.59 bits per heavy atom. The summed E-state index contributed by atoms with van der Waals surface area (Å²) in [5, 5.41) is 11.3. The molecule has 1 amide bonds. The number of aliphatic hydroxyl groups is 1. The molecule has 0 saturated carbocycles. The lowest BCUT2D eigenvalue weighted by molar-refractivity contribution is -0.132. The average Bonchev–Trinajstić information content (AvgIpc) is 3.31. The molecule has 1 aliphatic heterocycles. The van der Waals surface area contributed by atoms with E-state index in [4.69, 9.17) is 16.0 Å². The molecule has 2 aromatic carbocycles. The molecule has 2 heterocycles. The van der Waals surface area contributed by atoms with Crippen molar-refractivity contribution < 1.29 is 23.5 Å². The highest BCUT2D eigenvalue weighted by Gasteiger charge is 2.48. The molecule has 1 aliphatic rings. The summed E-state index contributed by atoms with van der Waals surface area (Å²) >= 11 is 6.06. The Kier molecular flexibility index (Phi) is 4.72. The minimum atomic E-state index is -0.992. The second kappa shape index (κ2) is 7.22. The van der Waals surface area contributed by atoms with Crippen LogP contribution in [-0.2, 0) is 9.59 Å². The van der Waals surface area contributed by atoms with Gasteiger partial charge in [-0.05, 0) is 61.0 Å². The van der Waals surface area contributed by atoms with E-state index in [1.165, 1.54) is 29.4 Å². The highest BCUT2D eigenvalue weighted by atomic mass is 35.5. The van der Waals surface area contributed by atoms with Crippen molar-refractivity contribution in [2.75, 3.05) is 4.90 Å². The maximum Gasteiger partial charge on any atom is 0.300 e. The molecule has 29 heavy (non-hydrogen) atoms. The zero-order chi connectivity index (χ0) is 20.7. The molecule has 4 rings (SSSR count). The second-order valence-corrected chi connectivity index (χ2v) is 7.06. The van der Waals surface area contributed by atoms with Crippen molar-refractivity contribution in [1.82, 2.24) is 0 Å². The van der Waals surface area contributed by atoms with E-state index in [0.29, 0.717) is 22.0 Å². The summed E-state index contributed by atoms with van der Waals surface area (Å²) in [5.41, 5.74) is 0.767. The molecule has 1 saturated heterocycles. The van der Waals surface area contributed by atoms with E-state index in [0.717, 1.165) is 0 Å².